The van der Waals surface area contributed by atoms with E-state index in [1.807, 2.05) is 82.3 Å². The van der Waals surface area contributed by atoms with Crippen LogP contribution in [0.15, 0.2) is 102 Å². The summed E-state index contributed by atoms with van der Waals surface area (Å²) in [6, 6.07) is 27.0. The molecule has 0 bridgehead atoms. The van der Waals surface area contributed by atoms with Crippen molar-refractivity contribution in [1.82, 2.24) is 10.2 Å². The van der Waals surface area contributed by atoms with E-state index in [0.717, 1.165) is 21.0 Å². The van der Waals surface area contributed by atoms with Crippen LogP contribution < -0.4 is 23.8 Å². The van der Waals surface area contributed by atoms with Crippen LogP contribution in [0.5, 0.6) is 17.2 Å². The Morgan fingerprint density at radius 3 is 2.08 bits per heavy atom. The van der Waals surface area contributed by atoms with Crippen LogP contribution in [0.3, 0.4) is 0 Å². The Bertz CT molecular complexity index is 1810. The first-order valence-electron chi connectivity index (χ1n) is 16.6. The van der Waals surface area contributed by atoms with Crippen LogP contribution in [-0.2, 0) is 32.6 Å². The van der Waals surface area contributed by atoms with E-state index in [1.165, 1.54) is 37.3 Å². The van der Waals surface area contributed by atoms with Crippen molar-refractivity contribution >= 4 is 27.5 Å². The van der Waals surface area contributed by atoms with Gasteiger partial charge in [0, 0.05) is 25.6 Å². The number of carbonyl (C=O) groups excluding carboxylic acids is 2. The van der Waals surface area contributed by atoms with Crippen LogP contribution in [0.1, 0.15) is 37.5 Å². The highest BCUT2D eigenvalue weighted by Crippen LogP contribution is 2.33. The van der Waals surface area contributed by atoms with E-state index in [9.17, 15) is 18.0 Å². The highest BCUT2D eigenvalue weighted by Gasteiger charge is 2.35. The molecule has 0 unspecified atom stereocenters. The standard InChI is InChI=1S/C39H47N3O7S/c1-7-49-33-19-17-32(18-20-33)42(50(45,46)34-21-22-36(47-5)37(24-34)48-6)27-38(43)41(26-31-15-13-29(4)14-16-31)35(39(44)40-25-28(2)3)23-30-11-9-8-10-12-30/h8-22,24,28,35H,7,23,25-27H2,1-6H3,(H,40,44)/t35-/m0/s1. The molecule has 0 aliphatic rings. The molecule has 4 aromatic carbocycles. The number of rotatable bonds is 17. The molecule has 11 heteroatoms. The van der Waals surface area contributed by atoms with E-state index in [1.54, 1.807) is 24.3 Å². The number of anilines is 1. The van der Waals surface area contributed by atoms with Crippen molar-refractivity contribution in [2.75, 3.05) is 38.2 Å². The predicted octanol–water partition coefficient (Wildman–Crippen LogP) is 6.02. The second-order valence-electron chi connectivity index (χ2n) is 12.3. The normalized spacial score (nSPS) is 11.8. The van der Waals surface area contributed by atoms with Gasteiger partial charge < -0.3 is 24.4 Å². The summed E-state index contributed by atoms with van der Waals surface area (Å²) in [4.78, 5) is 30.1. The Morgan fingerprint density at radius 2 is 1.48 bits per heavy atom. The number of nitrogens with one attached hydrogen (secondary N) is 1. The summed E-state index contributed by atoms with van der Waals surface area (Å²) in [7, 11) is -1.48. The van der Waals surface area contributed by atoms with E-state index in [2.05, 4.69) is 5.32 Å². The van der Waals surface area contributed by atoms with Gasteiger partial charge in [-0.25, -0.2) is 8.42 Å². The number of sulfonamides is 1. The molecule has 4 aromatic rings. The third-order valence-electron chi connectivity index (χ3n) is 8.09. The molecular formula is C39H47N3O7S. The molecule has 0 fully saturated rings. The van der Waals surface area contributed by atoms with E-state index in [-0.39, 0.29) is 41.1 Å². The van der Waals surface area contributed by atoms with Gasteiger partial charge in [0.1, 0.15) is 18.3 Å². The first-order valence-corrected chi connectivity index (χ1v) is 18.0. The van der Waals surface area contributed by atoms with Crippen molar-refractivity contribution in [1.29, 1.82) is 0 Å². The monoisotopic (exact) mass is 701 g/mol. The van der Waals surface area contributed by atoms with Crippen molar-refractivity contribution in [3.05, 3.63) is 114 Å². The van der Waals surface area contributed by atoms with E-state index >= 15 is 0 Å². The number of aryl methyl sites for hydroxylation is 1. The van der Waals surface area contributed by atoms with Gasteiger partial charge in [0.05, 0.1) is 31.4 Å². The molecule has 0 heterocycles. The predicted molar refractivity (Wildman–Crippen MR) is 195 cm³/mol. The smallest absolute Gasteiger partial charge is 0.264 e. The van der Waals surface area contributed by atoms with Gasteiger partial charge in [0.2, 0.25) is 11.8 Å². The van der Waals surface area contributed by atoms with Crippen molar-refractivity contribution < 1.29 is 32.2 Å². The molecule has 0 aliphatic heterocycles. The molecule has 50 heavy (non-hydrogen) atoms. The second kappa shape index (κ2) is 17.6. The molecule has 266 valence electrons. The summed E-state index contributed by atoms with van der Waals surface area (Å²) in [5.41, 5.74) is 2.95. The Labute approximate surface area is 296 Å². The molecule has 2 amide bonds. The molecule has 0 radical (unpaired) electrons. The summed E-state index contributed by atoms with van der Waals surface area (Å²) in [5, 5.41) is 3.01. The fourth-order valence-electron chi connectivity index (χ4n) is 5.37. The van der Waals surface area contributed by atoms with Gasteiger partial charge in [-0.15, -0.1) is 0 Å². The van der Waals surface area contributed by atoms with Crippen molar-refractivity contribution in [3.8, 4) is 17.2 Å². The highest BCUT2D eigenvalue weighted by atomic mass is 32.2. The maximum absolute atomic E-state index is 14.7. The molecule has 10 nitrogen and oxygen atoms in total. The van der Waals surface area contributed by atoms with E-state index in [0.29, 0.717) is 24.7 Å². The SMILES string of the molecule is CCOc1ccc(N(CC(=O)N(Cc2ccc(C)cc2)[C@@H](Cc2ccccc2)C(=O)NCC(C)C)S(=O)(=O)c2ccc(OC)c(OC)c2)cc1. The average Bonchev–Trinajstić information content (AvgIpc) is 3.12. The lowest BCUT2D eigenvalue weighted by atomic mass is 10.0. The summed E-state index contributed by atoms with van der Waals surface area (Å²) in [5.74, 6) is 0.437. The number of amides is 2. The second-order valence-corrected chi connectivity index (χ2v) is 14.2. The van der Waals surface area contributed by atoms with Gasteiger partial charge in [-0.2, -0.15) is 0 Å². The quantitative estimate of drug-likeness (QED) is 0.143. The molecule has 0 aliphatic carbocycles. The van der Waals surface area contributed by atoms with Crippen LogP contribution in [-0.4, -0.2) is 65.1 Å². The molecule has 0 aromatic heterocycles. The minimum atomic E-state index is -4.36. The molecule has 0 spiro atoms. The number of methoxy groups -OCH3 is 2. The molecule has 1 N–H and O–H groups in total. The molecular weight excluding hydrogens is 655 g/mol. The molecule has 0 saturated carbocycles. The number of benzene rings is 4. The number of hydrogen-bond donors (Lipinski definition) is 1. The fourth-order valence-corrected chi connectivity index (χ4v) is 6.81. The van der Waals surface area contributed by atoms with Crippen LogP contribution in [0, 0.1) is 12.8 Å². The average molecular weight is 702 g/mol. The van der Waals surface area contributed by atoms with E-state index < -0.39 is 28.5 Å². The summed E-state index contributed by atoms with van der Waals surface area (Å²) in [6.45, 7) is 8.16. The Morgan fingerprint density at radius 1 is 0.820 bits per heavy atom. The zero-order chi connectivity index (χ0) is 36.3. The molecule has 1 atom stereocenters. The van der Waals surface area contributed by atoms with Gasteiger partial charge in [-0.1, -0.05) is 74.0 Å². The number of carbonyl (C=O) groups is 2. The van der Waals surface area contributed by atoms with Gasteiger partial charge in [-0.3, -0.25) is 13.9 Å². The van der Waals surface area contributed by atoms with Crippen LogP contribution >= 0.6 is 0 Å². The topological polar surface area (TPSA) is 114 Å². The first-order chi connectivity index (χ1) is 24.0. The third kappa shape index (κ3) is 9.78. The minimum Gasteiger partial charge on any atom is -0.494 e. The number of hydrogen-bond acceptors (Lipinski definition) is 7. The zero-order valence-electron chi connectivity index (χ0n) is 29.6. The minimum absolute atomic E-state index is 0.0826. The lowest BCUT2D eigenvalue weighted by molar-refractivity contribution is -0.140. The van der Waals surface area contributed by atoms with Gasteiger partial charge >= 0.3 is 0 Å². The van der Waals surface area contributed by atoms with Gasteiger partial charge in [0.15, 0.2) is 11.5 Å². The highest BCUT2D eigenvalue weighted by molar-refractivity contribution is 7.92. The zero-order valence-corrected chi connectivity index (χ0v) is 30.4. The first kappa shape index (κ1) is 37.8. The summed E-state index contributed by atoms with van der Waals surface area (Å²) < 4.78 is 46.4. The van der Waals surface area contributed by atoms with Crippen molar-refractivity contribution in [2.24, 2.45) is 5.92 Å². The Hall–Kier alpha value is -5.03. The lowest BCUT2D eigenvalue weighted by Crippen LogP contribution is -2.53. The fraction of sp³-hybridized carbons (Fsp3) is 0.333. The third-order valence-corrected chi connectivity index (χ3v) is 9.86. The van der Waals surface area contributed by atoms with Crippen LogP contribution in [0.4, 0.5) is 5.69 Å². The Kier molecular flexibility index (Phi) is 13.3. The number of nitrogens with zero attached hydrogens (tertiary/aromatic N) is 2. The van der Waals surface area contributed by atoms with Gasteiger partial charge in [0.25, 0.3) is 10.0 Å². The number of ether oxygens (including phenoxy) is 3. The van der Waals surface area contributed by atoms with Crippen molar-refractivity contribution in [2.45, 2.75) is 51.6 Å². The summed E-state index contributed by atoms with van der Waals surface area (Å²) >= 11 is 0. The maximum Gasteiger partial charge on any atom is 0.264 e. The molecule has 4 rings (SSSR count). The van der Waals surface area contributed by atoms with Gasteiger partial charge in [-0.05, 0) is 67.3 Å². The van der Waals surface area contributed by atoms with E-state index in [4.69, 9.17) is 14.2 Å². The molecule has 0 saturated heterocycles. The van der Waals surface area contributed by atoms with Crippen LogP contribution in [0.25, 0.3) is 0 Å². The van der Waals surface area contributed by atoms with Crippen LogP contribution in [0.2, 0.25) is 0 Å². The Balaban J connectivity index is 1.83. The largest absolute Gasteiger partial charge is 0.494 e. The maximum atomic E-state index is 14.7. The lowest BCUT2D eigenvalue weighted by Gasteiger charge is -2.34. The summed E-state index contributed by atoms with van der Waals surface area (Å²) in [6.07, 6.45) is 0.230. The van der Waals surface area contributed by atoms with Crippen molar-refractivity contribution in [3.63, 3.8) is 0 Å².